The summed E-state index contributed by atoms with van der Waals surface area (Å²) in [6.45, 7) is 6.66. The van der Waals surface area contributed by atoms with Crippen LogP contribution < -0.4 is 5.32 Å². The number of benzene rings is 1. The van der Waals surface area contributed by atoms with Gasteiger partial charge in [-0.1, -0.05) is 17.3 Å². The molecule has 2 saturated heterocycles. The summed E-state index contributed by atoms with van der Waals surface area (Å²) in [6, 6.07) is 7.86. The zero-order valence-electron chi connectivity index (χ0n) is 17.3. The topological polar surface area (TPSA) is 92.6 Å². The lowest BCUT2D eigenvalue weighted by Gasteiger charge is -2.34. The molecule has 0 radical (unpaired) electrons. The molecule has 0 bridgehead atoms. The number of aryl methyl sites for hydroxylation is 1. The van der Waals surface area contributed by atoms with Crippen LogP contribution in [0, 0.1) is 5.92 Å². The molecule has 2 amide bonds. The zero-order chi connectivity index (χ0) is 20.8. The van der Waals surface area contributed by atoms with Gasteiger partial charge in [0.2, 0.25) is 11.8 Å². The normalized spacial score (nSPS) is 20.6. The minimum atomic E-state index is -0.125. The summed E-state index contributed by atoms with van der Waals surface area (Å²) in [6.07, 6.45) is 1.87. The number of carbonyl (C=O) groups excluding carboxylic acids is 2. The van der Waals surface area contributed by atoms with Crippen LogP contribution in [0.4, 0.5) is 0 Å². The number of amides is 2. The second-order valence-electron chi connectivity index (χ2n) is 7.98. The van der Waals surface area contributed by atoms with Gasteiger partial charge in [-0.15, -0.1) is 5.10 Å². The molecular weight excluding hydrogens is 384 g/mol. The summed E-state index contributed by atoms with van der Waals surface area (Å²) in [5, 5.41) is 11.4. The first-order valence-electron chi connectivity index (χ1n) is 10.8. The Kier molecular flexibility index (Phi) is 6.91. The van der Waals surface area contributed by atoms with Crippen molar-refractivity contribution in [3.63, 3.8) is 0 Å². The molecule has 1 N–H and O–H groups in total. The first-order chi connectivity index (χ1) is 14.7. The third-order valence-corrected chi connectivity index (χ3v) is 5.93. The molecule has 0 spiro atoms. The van der Waals surface area contributed by atoms with Crippen LogP contribution in [0.3, 0.4) is 0 Å². The predicted octanol–water partition coefficient (Wildman–Crippen LogP) is 0.508. The van der Waals surface area contributed by atoms with Crippen molar-refractivity contribution < 1.29 is 14.3 Å². The lowest BCUT2D eigenvalue weighted by Crippen LogP contribution is -2.49. The maximum atomic E-state index is 12.6. The number of hydrogen-bond donors (Lipinski definition) is 1. The fraction of sp³-hybridized carbons (Fsp3) is 0.619. The van der Waals surface area contributed by atoms with E-state index in [1.54, 1.807) is 0 Å². The van der Waals surface area contributed by atoms with Gasteiger partial charge < -0.3 is 15.0 Å². The molecule has 0 aliphatic carbocycles. The number of morpholine rings is 1. The molecule has 1 aromatic carbocycles. The third-order valence-electron chi connectivity index (χ3n) is 5.93. The van der Waals surface area contributed by atoms with Gasteiger partial charge in [0.15, 0.2) is 0 Å². The van der Waals surface area contributed by atoms with Gasteiger partial charge in [0.05, 0.1) is 24.6 Å². The third kappa shape index (κ3) is 5.14. The molecular formula is C21H30N6O3. The Bertz CT molecular complexity index is 863. The Balaban J connectivity index is 1.19. The molecule has 3 heterocycles. The highest BCUT2D eigenvalue weighted by atomic mass is 16.5. The summed E-state index contributed by atoms with van der Waals surface area (Å²) in [7, 11) is 0. The number of nitrogens with one attached hydrogen (secondary N) is 1. The zero-order valence-corrected chi connectivity index (χ0v) is 17.3. The molecule has 0 saturated carbocycles. The molecule has 0 unspecified atom stereocenters. The molecule has 1 atom stereocenters. The van der Waals surface area contributed by atoms with Crippen LogP contribution in [-0.2, 0) is 20.9 Å². The Hall–Kier alpha value is -2.52. The number of fused-ring (bicyclic) bond motifs is 1. The number of aromatic nitrogens is 3. The molecule has 9 nitrogen and oxygen atoms in total. The maximum Gasteiger partial charge on any atom is 0.224 e. The summed E-state index contributed by atoms with van der Waals surface area (Å²) in [5.74, 6) is 0.0762. The number of rotatable bonds is 8. The number of carbonyl (C=O) groups is 2. The molecule has 2 aliphatic rings. The highest BCUT2D eigenvalue weighted by Crippen LogP contribution is 2.18. The van der Waals surface area contributed by atoms with Crippen molar-refractivity contribution in [3.05, 3.63) is 24.3 Å². The van der Waals surface area contributed by atoms with E-state index < -0.39 is 0 Å². The summed E-state index contributed by atoms with van der Waals surface area (Å²) in [5.41, 5.74) is 1.89. The molecule has 2 fully saturated rings. The minimum absolute atomic E-state index is 0.0438. The average Bonchev–Trinajstić information content (AvgIpc) is 3.20. The number of hydrogen-bond acceptors (Lipinski definition) is 6. The van der Waals surface area contributed by atoms with E-state index in [9.17, 15) is 9.59 Å². The predicted molar refractivity (Wildman–Crippen MR) is 112 cm³/mol. The highest BCUT2D eigenvalue weighted by Gasteiger charge is 2.30. The van der Waals surface area contributed by atoms with Crippen molar-refractivity contribution in [1.29, 1.82) is 0 Å². The molecule has 1 aromatic heterocycles. The van der Waals surface area contributed by atoms with Crippen LogP contribution in [-0.4, -0.2) is 89.1 Å². The lowest BCUT2D eigenvalue weighted by molar-refractivity contribution is -0.138. The smallest absolute Gasteiger partial charge is 0.224 e. The first-order valence-corrected chi connectivity index (χ1v) is 10.8. The van der Waals surface area contributed by atoms with Crippen molar-refractivity contribution >= 4 is 22.8 Å². The van der Waals surface area contributed by atoms with Crippen molar-refractivity contribution in [2.45, 2.75) is 25.8 Å². The molecule has 4 rings (SSSR count). The number of para-hydroxylation sites is 1. The average molecular weight is 415 g/mol. The Morgan fingerprint density at radius 1 is 1.17 bits per heavy atom. The fourth-order valence-corrected chi connectivity index (χ4v) is 4.10. The van der Waals surface area contributed by atoms with Gasteiger partial charge in [0, 0.05) is 52.2 Å². The molecule has 162 valence electrons. The van der Waals surface area contributed by atoms with E-state index in [1.165, 1.54) is 0 Å². The van der Waals surface area contributed by atoms with Crippen LogP contribution in [0.15, 0.2) is 24.3 Å². The van der Waals surface area contributed by atoms with Crippen LogP contribution in [0.2, 0.25) is 0 Å². The van der Waals surface area contributed by atoms with Crippen molar-refractivity contribution in [1.82, 2.24) is 30.1 Å². The molecule has 30 heavy (non-hydrogen) atoms. The quantitative estimate of drug-likeness (QED) is 0.633. The van der Waals surface area contributed by atoms with Crippen LogP contribution in [0.1, 0.15) is 19.3 Å². The lowest BCUT2D eigenvalue weighted by atomic mass is 9.96. The highest BCUT2D eigenvalue weighted by molar-refractivity contribution is 5.83. The maximum absolute atomic E-state index is 12.6. The Labute approximate surface area is 176 Å². The van der Waals surface area contributed by atoms with E-state index in [0.717, 1.165) is 50.3 Å². The van der Waals surface area contributed by atoms with Gasteiger partial charge in [-0.2, -0.15) is 0 Å². The van der Waals surface area contributed by atoms with E-state index >= 15 is 0 Å². The Morgan fingerprint density at radius 2 is 2.00 bits per heavy atom. The van der Waals surface area contributed by atoms with E-state index in [4.69, 9.17) is 4.74 Å². The SMILES string of the molecule is O=C(NCCCn1nnc2ccccc21)[C@H]1CCC(=O)N(CCN2CCOCC2)C1. The van der Waals surface area contributed by atoms with Crippen molar-refractivity contribution in [2.24, 2.45) is 5.92 Å². The second-order valence-corrected chi connectivity index (χ2v) is 7.98. The number of piperidine rings is 1. The first kappa shape index (κ1) is 20.7. The number of likely N-dealkylation sites (tertiary alicyclic amines) is 1. The van der Waals surface area contributed by atoms with Crippen LogP contribution >= 0.6 is 0 Å². The van der Waals surface area contributed by atoms with Gasteiger partial charge in [0.1, 0.15) is 5.52 Å². The number of ether oxygens (including phenoxy) is 1. The summed E-state index contributed by atoms with van der Waals surface area (Å²) < 4.78 is 7.24. The van der Waals surface area contributed by atoms with Crippen LogP contribution in [0.25, 0.3) is 11.0 Å². The summed E-state index contributed by atoms with van der Waals surface area (Å²) >= 11 is 0. The van der Waals surface area contributed by atoms with E-state index in [2.05, 4.69) is 20.5 Å². The van der Waals surface area contributed by atoms with Gasteiger partial charge in [-0.25, -0.2) is 4.68 Å². The van der Waals surface area contributed by atoms with E-state index in [1.807, 2.05) is 33.8 Å². The number of nitrogens with zero attached hydrogens (tertiary/aromatic N) is 5. The van der Waals surface area contributed by atoms with Crippen molar-refractivity contribution in [3.8, 4) is 0 Å². The Morgan fingerprint density at radius 3 is 2.87 bits per heavy atom. The molecule has 2 aliphatic heterocycles. The van der Waals surface area contributed by atoms with Crippen LogP contribution in [0.5, 0.6) is 0 Å². The van der Waals surface area contributed by atoms with Gasteiger partial charge in [0.25, 0.3) is 0 Å². The minimum Gasteiger partial charge on any atom is -0.379 e. The fourth-order valence-electron chi connectivity index (χ4n) is 4.10. The molecule has 9 heteroatoms. The molecule has 2 aromatic rings. The largest absolute Gasteiger partial charge is 0.379 e. The van der Waals surface area contributed by atoms with Gasteiger partial charge in [-0.3, -0.25) is 14.5 Å². The summed E-state index contributed by atoms with van der Waals surface area (Å²) in [4.78, 5) is 29.1. The second kappa shape index (κ2) is 9.99. The van der Waals surface area contributed by atoms with E-state index in [-0.39, 0.29) is 17.7 Å². The standard InChI is InChI=1S/C21H30N6O3/c28-20-7-6-17(16-26(20)11-10-25-12-14-30-15-13-25)21(29)22-8-3-9-27-19-5-2-1-4-18(19)23-24-27/h1-2,4-5,17H,3,6-16H2,(H,22,29)/t17-/m0/s1. The van der Waals surface area contributed by atoms with Gasteiger partial charge >= 0.3 is 0 Å². The van der Waals surface area contributed by atoms with Gasteiger partial charge in [-0.05, 0) is 25.0 Å². The van der Waals surface area contributed by atoms with Crippen molar-refractivity contribution in [2.75, 3.05) is 52.5 Å². The monoisotopic (exact) mass is 414 g/mol. The van der Waals surface area contributed by atoms with E-state index in [0.29, 0.717) is 39.0 Å².